The van der Waals surface area contributed by atoms with Gasteiger partial charge < -0.3 is 24.7 Å². The zero-order valence-corrected chi connectivity index (χ0v) is 23.0. The van der Waals surface area contributed by atoms with Crippen molar-refractivity contribution in [1.82, 2.24) is 20.2 Å². The number of hydrogen-bond donors (Lipinski definition) is 2. The van der Waals surface area contributed by atoms with Gasteiger partial charge in [0.15, 0.2) is 0 Å². The monoisotopic (exact) mass is 548 g/mol. The minimum Gasteiger partial charge on any atom is -0.460 e. The van der Waals surface area contributed by atoms with Gasteiger partial charge >= 0.3 is 5.97 Å². The first-order valence-electron chi connectivity index (χ1n) is 14.0. The lowest BCUT2D eigenvalue weighted by Crippen LogP contribution is -2.34. The van der Waals surface area contributed by atoms with E-state index in [0.29, 0.717) is 66.0 Å². The van der Waals surface area contributed by atoms with Crippen molar-refractivity contribution in [2.24, 2.45) is 0 Å². The number of amides is 1. The minimum atomic E-state index is -0.499. The quantitative estimate of drug-likeness (QED) is 0.198. The van der Waals surface area contributed by atoms with Crippen molar-refractivity contribution in [2.45, 2.75) is 64.5 Å². The molecule has 0 saturated carbocycles. The Balaban J connectivity index is 1.48. The lowest BCUT2D eigenvalue weighted by molar-refractivity contribution is -0.148. The molecule has 0 radical (unpaired) electrons. The van der Waals surface area contributed by atoms with Crippen LogP contribution in [0.5, 0.6) is 0 Å². The fraction of sp³-hybridized carbons (Fsp3) is 0.467. The maximum absolute atomic E-state index is 15.3. The number of likely N-dealkylation sites (N-methyl/N-ethyl adjacent to an activating group) is 1. The number of pyridine rings is 2. The van der Waals surface area contributed by atoms with Crippen molar-refractivity contribution in [1.29, 1.82) is 0 Å². The smallest absolute Gasteiger partial charge is 0.313 e. The Labute approximate surface area is 231 Å². The first kappa shape index (κ1) is 26.6. The van der Waals surface area contributed by atoms with E-state index in [1.165, 1.54) is 6.07 Å². The minimum absolute atomic E-state index is 0.0175. The van der Waals surface area contributed by atoms with Crippen LogP contribution in [-0.2, 0) is 45.1 Å². The number of aromatic nitrogens is 2. The van der Waals surface area contributed by atoms with Crippen molar-refractivity contribution >= 4 is 22.8 Å². The van der Waals surface area contributed by atoms with Gasteiger partial charge in [-0.2, -0.15) is 0 Å². The Morgan fingerprint density at radius 1 is 1.23 bits per heavy atom. The maximum atomic E-state index is 15.3. The van der Waals surface area contributed by atoms with E-state index < -0.39 is 5.92 Å². The Bertz CT molecular complexity index is 1610. The lowest BCUT2D eigenvalue weighted by atomic mass is 9.78. The molecule has 6 rings (SSSR count). The molecular weight excluding hydrogens is 515 g/mol. The van der Waals surface area contributed by atoms with Crippen LogP contribution in [-0.4, -0.2) is 48.4 Å². The average molecular weight is 549 g/mol. The summed E-state index contributed by atoms with van der Waals surface area (Å²) in [5, 5.41) is 6.50. The number of benzene rings is 1. The number of halogens is 1. The summed E-state index contributed by atoms with van der Waals surface area (Å²) in [6.07, 6.45) is 2.55. The van der Waals surface area contributed by atoms with Gasteiger partial charge in [-0.1, -0.05) is 13.8 Å². The summed E-state index contributed by atoms with van der Waals surface area (Å²) in [6.45, 7) is 4.82. The summed E-state index contributed by atoms with van der Waals surface area (Å²) < 4.78 is 28.2. The number of nitrogens with zero attached hydrogens (tertiary/aromatic N) is 2. The molecule has 1 aromatic carbocycles. The summed E-state index contributed by atoms with van der Waals surface area (Å²) in [6, 6.07) is 3.42. The number of nitrogens with one attached hydrogen (secondary N) is 2. The van der Waals surface area contributed by atoms with E-state index in [4.69, 9.17) is 14.5 Å². The molecule has 3 aliphatic rings. The van der Waals surface area contributed by atoms with Gasteiger partial charge in [0, 0.05) is 22.9 Å². The van der Waals surface area contributed by atoms with Crippen LogP contribution in [0.3, 0.4) is 0 Å². The van der Waals surface area contributed by atoms with Crippen LogP contribution in [0.4, 0.5) is 4.39 Å². The van der Waals surface area contributed by atoms with E-state index in [1.807, 2.05) is 19.9 Å². The predicted octanol–water partition coefficient (Wildman–Crippen LogP) is 3.02. The number of carbonyl (C=O) groups is 2. The second-order valence-corrected chi connectivity index (χ2v) is 10.7. The highest BCUT2D eigenvalue weighted by Crippen LogP contribution is 2.46. The van der Waals surface area contributed by atoms with E-state index in [0.717, 1.165) is 28.5 Å². The summed E-state index contributed by atoms with van der Waals surface area (Å²) in [7, 11) is 1.70. The van der Waals surface area contributed by atoms with Gasteiger partial charge in [-0.3, -0.25) is 14.4 Å². The second kappa shape index (κ2) is 10.4. The zero-order valence-electron chi connectivity index (χ0n) is 23.0. The molecule has 2 unspecified atom stereocenters. The molecule has 0 saturated heterocycles. The summed E-state index contributed by atoms with van der Waals surface area (Å²) >= 11 is 0. The van der Waals surface area contributed by atoms with Crippen LogP contribution < -0.4 is 16.2 Å². The fourth-order valence-electron chi connectivity index (χ4n) is 6.68. The third-order valence-corrected chi connectivity index (χ3v) is 8.54. The van der Waals surface area contributed by atoms with E-state index >= 15 is 4.39 Å². The molecule has 1 amide bonds. The van der Waals surface area contributed by atoms with Crippen molar-refractivity contribution in [2.75, 3.05) is 26.9 Å². The highest BCUT2D eigenvalue weighted by Gasteiger charge is 2.37. The molecule has 2 aromatic heterocycles. The molecule has 0 spiro atoms. The van der Waals surface area contributed by atoms with Crippen LogP contribution >= 0.6 is 0 Å². The Morgan fingerprint density at radius 2 is 2.05 bits per heavy atom. The molecule has 2 atom stereocenters. The van der Waals surface area contributed by atoms with Crippen LogP contribution in [0.25, 0.3) is 22.3 Å². The molecular formula is C30H33FN4O5. The molecule has 0 fully saturated rings. The standard InChI is InChI=1S/C30H33FN4O5/c1-4-16-18-7-6-15(12-39-14-33-25(36)10-32-3)26-20-11-35-24(28(20)34-23(27(18)26)9-22(16)31)8-19-17(5-2)30(38)40-13-21(19)29(35)37/h8-9,15,17,32H,4-7,10-14H2,1-3H3,(H,33,36). The van der Waals surface area contributed by atoms with Gasteiger partial charge in [-0.25, -0.2) is 9.37 Å². The highest BCUT2D eigenvalue weighted by molar-refractivity contribution is 5.93. The van der Waals surface area contributed by atoms with Gasteiger partial charge in [0.25, 0.3) is 5.56 Å². The first-order valence-corrected chi connectivity index (χ1v) is 14.0. The molecule has 3 aromatic rings. The first-order chi connectivity index (χ1) is 19.4. The SMILES string of the molecule is CCc1c(F)cc2nc3c(c4c2c1CCC4COCNC(=O)CNC)Cn1c-3cc2c(c1=O)COC(=O)C2CC. The Hall–Kier alpha value is -3.63. The number of rotatable bonds is 8. The molecule has 10 heteroatoms. The summed E-state index contributed by atoms with van der Waals surface area (Å²) in [5.41, 5.74) is 6.57. The maximum Gasteiger partial charge on any atom is 0.313 e. The van der Waals surface area contributed by atoms with E-state index in [2.05, 4.69) is 10.6 Å². The van der Waals surface area contributed by atoms with Gasteiger partial charge in [0.2, 0.25) is 5.91 Å². The summed E-state index contributed by atoms with van der Waals surface area (Å²) in [5.74, 6) is -1.26. The molecule has 2 N–H and O–H groups in total. The molecule has 4 heterocycles. The van der Waals surface area contributed by atoms with Crippen molar-refractivity contribution in [3.63, 3.8) is 0 Å². The predicted molar refractivity (Wildman–Crippen MR) is 147 cm³/mol. The topological polar surface area (TPSA) is 112 Å². The van der Waals surface area contributed by atoms with Crippen LogP contribution in [0, 0.1) is 5.82 Å². The van der Waals surface area contributed by atoms with E-state index in [-0.39, 0.29) is 49.1 Å². The van der Waals surface area contributed by atoms with Crippen LogP contribution in [0.1, 0.15) is 71.9 Å². The van der Waals surface area contributed by atoms with Gasteiger partial charge in [-0.15, -0.1) is 0 Å². The molecule has 9 nitrogen and oxygen atoms in total. The van der Waals surface area contributed by atoms with E-state index in [9.17, 15) is 14.4 Å². The van der Waals surface area contributed by atoms with Crippen molar-refractivity contribution in [3.05, 3.63) is 61.7 Å². The number of aryl methyl sites for hydroxylation is 1. The van der Waals surface area contributed by atoms with Crippen LogP contribution in [0.15, 0.2) is 16.9 Å². The number of ether oxygens (including phenoxy) is 2. The third-order valence-electron chi connectivity index (χ3n) is 8.54. The number of carbonyl (C=O) groups excluding carboxylic acids is 2. The highest BCUT2D eigenvalue weighted by atomic mass is 19.1. The Morgan fingerprint density at radius 3 is 2.80 bits per heavy atom. The fourth-order valence-corrected chi connectivity index (χ4v) is 6.68. The molecule has 210 valence electrons. The van der Waals surface area contributed by atoms with E-state index in [1.54, 1.807) is 11.6 Å². The zero-order chi connectivity index (χ0) is 28.1. The average Bonchev–Trinajstić information content (AvgIpc) is 3.30. The number of fused-ring (bicyclic) bond motifs is 5. The van der Waals surface area contributed by atoms with Gasteiger partial charge in [0.05, 0.1) is 48.1 Å². The number of hydrogen-bond acceptors (Lipinski definition) is 7. The molecule has 1 aliphatic carbocycles. The second-order valence-electron chi connectivity index (χ2n) is 10.7. The lowest BCUT2D eigenvalue weighted by Gasteiger charge is -2.29. The van der Waals surface area contributed by atoms with Crippen LogP contribution in [0.2, 0.25) is 0 Å². The molecule has 2 aliphatic heterocycles. The number of esters is 1. The normalized spacial score (nSPS) is 18.8. The van der Waals surface area contributed by atoms with Crippen molar-refractivity contribution < 1.29 is 23.5 Å². The Kier molecular flexibility index (Phi) is 6.92. The van der Waals surface area contributed by atoms with Gasteiger partial charge in [-0.05, 0) is 61.1 Å². The number of cyclic esters (lactones) is 1. The molecule has 40 heavy (non-hydrogen) atoms. The van der Waals surface area contributed by atoms with Gasteiger partial charge in [0.1, 0.15) is 19.2 Å². The van der Waals surface area contributed by atoms with Crippen molar-refractivity contribution in [3.8, 4) is 11.4 Å². The largest absolute Gasteiger partial charge is 0.460 e. The third kappa shape index (κ3) is 4.12. The summed E-state index contributed by atoms with van der Waals surface area (Å²) in [4.78, 5) is 43.0. The molecule has 0 bridgehead atoms.